The van der Waals surface area contributed by atoms with Crippen LogP contribution >= 0.6 is 0 Å². The first-order valence-corrected chi connectivity index (χ1v) is 5.66. The molecule has 1 aromatic rings. The Kier molecular flexibility index (Phi) is 2.24. The van der Waals surface area contributed by atoms with Crippen LogP contribution in [-0.4, -0.2) is 18.4 Å². The molecule has 0 N–H and O–H groups in total. The van der Waals surface area contributed by atoms with Crippen molar-refractivity contribution in [2.24, 2.45) is 4.99 Å². The highest BCUT2D eigenvalue weighted by atomic mass is 16.5. The Hall–Kier alpha value is -1.64. The molecule has 2 aliphatic rings. The van der Waals surface area contributed by atoms with Crippen molar-refractivity contribution in [1.82, 2.24) is 0 Å². The largest absolute Gasteiger partial charge is 0.469 e. The maximum absolute atomic E-state index is 11.6. The van der Waals surface area contributed by atoms with Crippen LogP contribution in [0.3, 0.4) is 0 Å². The average molecular weight is 215 g/mol. The van der Waals surface area contributed by atoms with E-state index >= 15 is 0 Å². The maximum Gasteiger partial charge on any atom is 0.290 e. The van der Waals surface area contributed by atoms with Gasteiger partial charge >= 0.3 is 0 Å². The van der Waals surface area contributed by atoms with Gasteiger partial charge in [-0.15, -0.1) is 0 Å². The molecule has 0 spiro atoms. The number of amides is 1. The van der Waals surface area contributed by atoms with E-state index in [4.69, 9.17) is 4.74 Å². The lowest BCUT2D eigenvalue weighted by Gasteiger charge is -2.27. The molecular formula is C13H13NO2. The van der Waals surface area contributed by atoms with Gasteiger partial charge in [-0.3, -0.25) is 4.79 Å². The molecule has 0 bridgehead atoms. The number of carbonyl (C=O) groups excluding carboxylic acids is 1. The highest BCUT2D eigenvalue weighted by Gasteiger charge is 2.35. The summed E-state index contributed by atoms with van der Waals surface area (Å²) in [6.45, 7) is 0. The van der Waals surface area contributed by atoms with Crippen molar-refractivity contribution in [2.45, 2.75) is 31.3 Å². The molecule has 1 amide bonds. The fourth-order valence-electron chi connectivity index (χ4n) is 2.65. The highest BCUT2D eigenvalue weighted by molar-refractivity contribution is 5.92. The van der Waals surface area contributed by atoms with Crippen LogP contribution in [-0.2, 0) is 16.0 Å². The van der Waals surface area contributed by atoms with Crippen molar-refractivity contribution in [1.29, 1.82) is 0 Å². The third kappa shape index (κ3) is 1.43. The number of aliphatic imine (C=N–C) groups is 1. The zero-order valence-electron chi connectivity index (χ0n) is 8.93. The molecule has 1 heterocycles. The molecule has 0 radical (unpaired) electrons. The van der Waals surface area contributed by atoms with Gasteiger partial charge in [0.2, 0.25) is 0 Å². The van der Waals surface area contributed by atoms with Gasteiger partial charge in [-0.2, -0.15) is 4.99 Å². The Labute approximate surface area is 94.1 Å². The topological polar surface area (TPSA) is 38.7 Å². The SMILES string of the molecule is O=C1N=COC1C1CCCc2ccccc21. The number of carbonyl (C=O) groups is 1. The second kappa shape index (κ2) is 3.74. The maximum atomic E-state index is 11.6. The van der Waals surface area contributed by atoms with Crippen molar-refractivity contribution in [3.05, 3.63) is 35.4 Å². The molecule has 0 saturated carbocycles. The van der Waals surface area contributed by atoms with E-state index in [0.717, 1.165) is 19.3 Å². The Balaban J connectivity index is 1.96. The third-order valence-corrected chi connectivity index (χ3v) is 3.41. The molecule has 0 saturated heterocycles. The average Bonchev–Trinajstić information content (AvgIpc) is 2.75. The molecule has 3 rings (SSSR count). The quantitative estimate of drug-likeness (QED) is 0.719. The predicted octanol–water partition coefficient (Wildman–Crippen LogP) is 2.06. The minimum Gasteiger partial charge on any atom is -0.469 e. The van der Waals surface area contributed by atoms with E-state index in [-0.39, 0.29) is 17.9 Å². The molecule has 3 nitrogen and oxygen atoms in total. The molecule has 0 fully saturated rings. The van der Waals surface area contributed by atoms with Crippen LogP contribution in [0.5, 0.6) is 0 Å². The molecule has 2 unspecified atom stereocenters. The minimum atomic E-state index is -0.388. The summed E-state index contributed by atoms with van der Waals surface area (Å²) < 4.78 is 5.32. The summed E-state index contributed by atoms with van der Waals surface area (Å²) in [6, 6.07) is 8.32. The standard InChI is InChI=1S/C13H13NO2/c15-13-12(16-8-14-13)11-7-3-5-9-4-1-2-6-10(9)11/h1-2,4,6,8,11-12H,3,5,7H2. The molecule has 1 aliphatic carbocycles. The summed E-state index contributed by atoms with van der Waals surface area (Å²) in [7, 11) is 0. The van der Waals surface area contributed by atoms with E-state index in [2.05, 4.69) is 23.2 Å². The summed E-state index contributed by atoms with van der Waals surface area (Å²) in [5.41, 5.74) is 2.61. The monoisotopic (exact) mass is 215 g/mol. The Bertz CT molecular complexity index is 453. The second-order valence-electron chi connectivity index (χ2n) is 4.33. The molecule has 2 atom stereocenters. The van der Waals surface area contributed by atoms with E-state index in [9.17, 15) is 4.79 Å². The van der Waals surface area contributed by atoms with Gasteiger partial charge in [-0.1, -0.05) is 24.3 Å². The summed E-state index contributed by atoms with van der Waals surface area (Å²) in [4.78, 5) is 15.2. The van der Waals surface area contributed by atoms with Crippen molar-refractivity contribution in [3.8, 4) is 0 Å². The summed E-state index contributed by atoms with van der Waals surface area (Å²) in [6.07, 6.45) is 4.13. The molecule has 82 valence electrons. The fourth-order valence-corrected chi connectivity index (χ4v) is 2.65. The van der Waals surface area contributed by atoms with Crippen LogP contribution in [0.15, 0.2) is 29.3 Å². The van der Waals surface area contributed by atoms with Crippen molar-refractivity contribution in [2.75, 3.05) is 0 Å². The zero-order valence-corrected chi connectivity index (χ0v) is 8.93. The number of nitrogens with zero attached hydrogens (tertiary/aromatic N) is 1. The zero-order chi connectivity index (χ0) is 11.0. The van der Waals surface area contributed by atoms with Crippen LogP contribution in [0.4, 0.5) is 0 Å². The summed E-state index contributed by atoms with van der Waals surface area (Å²) in [5.74, 6) is 0.0432. The number of benzene rings is 1. The van der Waals surface area contributed by atoms with Crippen molar-refractivity contribution < 1.29 is 9.53 Å². The van der Waals surface area contributed by atoms with E-state index in [1.54, 1.807) is 0 Å². The lowest BCUT2D eigenvalue weighted by atomic mass is 9.79. The van der Waals surface area contributed by atoms with E-state index in [1.807, 2.05) is 6.07 Å². The van der Waals surface area contributed by atoms with Gasteiger partial charge < -0.3 is 4.74 Å². The number of fused-ring (bicyclic) bond motifs is 1. The molecule has 3 heteroatoms. The van der Waals surface area contributed by atoms with Crippen LogP contribution in [0.25, 0.3) is 0 Å². The smallest absolute Gasteiger partial charge is 0.290 e. The van der Waals surface area contributed by atoms with Gasteiger partial charge in [0.1, 0.15) is 0 Å². The first kappa shape index (κ1) is 9.58. The predicted molar refractivity (Wildman–Crippen MR) is 60.5 cm³/mol. The molecule has 16 heavy (non-hydrogen) atoms. The Morgan fingerprint density at radius 1 is 1.31 bits per heavy atom. The van der Waals surface area contributed by atoms with Gasteiger partial charge in [0, 0.05) is 5.92 Å². The number of ether oxygens (including phenoxy) is 1. The third-order valence-electron chi connectivity index (χ3n) is 3.41. The normalized spacial score (nSPS) is 27.6. The molecular weight excluding hydrogens is 202 g/mol. The number of hydrogen-bond acceptors (Lipinski definition) is 2. The molecule has 0 aromatic heterocycles. The van der Waals surface area contributed by atoms with E-state index in [0.29, 0.717) is 0 Å². The summed E-state index contributed by atoms with van der Waals surface area (Å²) >= 11 is 0. The van der Waals surface area contributed by atoms with Crippen molar-refractivity contribution >= 4 is 12.3 Å². The summed E-state index contributed by atoms with van der Waals surface area (Å²) in [5, 5.41) is 0. The Morgan fingerprint density at radius 3 is 3.00 bits per heavy atom. The highest BCUT2D eigenvalue weighted by Crippen LogP contribution is 2.36. The van der Waals surface area contributed by atoms with Crippen LogP contribution in [0.1, 0.15) is 29.9 Å². The lowest BCUT2D eigenvalue weighted by Crippen LogP contribution is -2.28. The number of aryl methyl sites for hydroxylation is 1. The first-order valence-electron chi connectivity index (χ1n) is 5.66. The van der Waals surface area contributed by atoms with E-state index in [1.165, 1.54) is 17.5 Å². The number of rotatable bonds is 1. The lowest BCUT2D eigenvalue weighted by molar-refractivity contribution is -0.123. The van der Waals surface area contributed by atoms with Crippen LogP contribution in [0.2, 0.25) is 0 Å². The first-order chi connectivity index (χ1) is 7.86. The van der Waals surface area contributed by atoms with Crippen molar-refractivity contribution in [3.63, 3.8) is 0 Å². The number of hydrogen-bond donors (Lipinski definition) is 0. The van der Waals surface area contributed by atoms with Gasteiger partial charge in [-0.25, -0.2) is 0 Å². The van der Waals surface area contributed by atoms with Crippen LogP contribution < -0.4 is 0 Å². The Morgan fingerprint density at radius 2 is 2.19 bits per heavy atom. The fraction of sp³-hybridized carbons (Fsp3) is 0.385. The van der Waals surface area contributed by atoms with Gasteiger partial charge in [0.25, 0.3) is 5.91 Å². The second-order valence-corrected chi connectivity index (χ2v) is 4.33. The molecule has 1 aromatic carbocycles. The molecule has 1 aliphatic heterocycles. The van der Waals surface area contributed by atoms with Gasteiger partial charge in [-0.05, 0) is 30.4 Å². The van der Waals surface area contributed by atoms with Gasteiger partial charge in [0.05, 0.1) is 0 Å². The minimum absolute atomic E-state index is 0.137. The van der Waals surface area contributed by atoms with Crippen LogP contribution in [0, 0.1) is 0 Å². The van der Waals surface area contributed by atoms with Gasteiger partial charge in [0.15, 0.2) is 12.5 Å². The van der Waals surface area contributed by atoms with E-state index < -0.39 is 0 Å².